The van der Waals surface area contributed by atoms with E-state index >= 15 is 0 Å². The lowest BCUT2D eigenvalue weighted by Gasteiger charge is -2.35. The van der Waals surface area contributed by atoms with Crippen LogP contribution in [-0.2, 0) is 17.8 Å². The lowest BCUT2D eigenvalue weighted by molar-refractivity contribution is -0.140. The van der Waals surface area contributed by atoms with Gasteiger partial charge < -0.3 is 15.0 Å². The third kappa shape index (κ3) is 4.21. The molecule has 6 heteroatoms. The molecule has 0 spiro atoms. The van der Waals surface area contributed by atoms with Crippen molar-refractivity contribution in [1.29, 1.82) is 0 Å². The molecule has 0 bridgehead atoms. The van der Waals surface area contributed by atoms with Crippen molar-refractivity contribution in [1.82, 2.24) is 4.90 Å². The number of carbonyl (C=O) groups is 2. The molecule has 1 N–H and O–H groups in total. The third-order valence-electron chi connectivity index (χ3n) is 6.41. The lowest BCUT2D eigenvalue weighted by atomic mass is 9.86. The highest BCUT2D eigenvalue weighted by Gasteiger charge is 2.35. The normalized spacial score (nSPS) is 19.7. The average molecular weight is 445 g/mol. The van der Waals surface area contributed by atoms with Crippen LogP contribution in [0.15, 0.2) is 66.7 Å². The quantitative estimate of drug-likeness (QED) is 0.599. The van der Waals surface area contributed by atoms with Crippen molar-refractivity contribution in [2.45, 2.75) is 44.9 Å². The van der Waals surface area contributed by atoms with Gasteiger partial charge in [-0.15, -0.1) is 0 Å². The highest BCUT2D eigenvalue weighted by molar-refractivity contribution is 6.04. The number of ether oxygens (including phenoxy) is 1. The summed E-state index contributed by atoms with van der Waals surface area (Å²) in [5.41, 5.74) is 4.30. The molecule has 0 saturated heterocycles. The maximum Gasteiger partial charge on any atom is 0.264 e. The minimum atomic E-state index is -0.597. The standard InChI is InChI=1S/C27H25FN2O3/c1-17-27(32)30(24-8-4-6-18-5-2-3-7-23(18)24)16-20-15-22(13-14-25(20)33-17)29-26(31)19-9-11-21(28)12-10-19/h2-3,5,7,9-15,17,24H,4,6,8,16H2,1H3,(H,29,31). The molecule has 3 aromatic rings. The van der Waals surface area contributed by atoms with Gasteiger partial charge in [-0.2, -0.15) is 0 Å². The maximum atomic E-state index is 13.3. The van der Waals surface area contributed by atoms with Crippen LogP contribution in [-0.4, -0.2) is 22.8 Å². The van der Waals surface area contributed by atoms with Gasteiger partial charge in [-0.05, 0) is 79.8 Å². The number of hydrogen-bond acceptors (Lipinski definition) is 3. The van der Waals surface area contributed by atoms with Gasteiger partial charge >= 0.3 is 0 Å². The van der Waals surface area contributed by atoms with E-state index in [1.807, 2.05) is 23.1 Å². The van der Waals surface area contributed by atoms with Crippen LogP contribution in [0.2, 0.25) is 0 Å². The Bertz CT molecular complexity index is 1210. The Labute approximate surface area is 192 Å². The summed E-state index contributed by atoms with van der Waals surface area (Å²) in [5, 5.41) is 2.86. The molecule has 1 aliphatic carbocycles. The van der Waals surface area contributed by atoms with Crippen molar-refractivity contribution in [3.8, 4) is 5.75 Å². The van der Waals surface area contributed by atoms with Gasteiger partial charge in [-0.3, -0.25) is 9.59 Å². The molecule has 2 aliphatic rings. The first-order valence-electron chi connectivity index (χ1n) is 11.2. The predicted octanol–water partition coefficient (Wildman–Crippen LogP) is 5.27. The number of rotatable bonds is 3. The first kappa shape index (κ1) is 21.2. The molecule has 5 nitrogen and oxygen atoms in total. The Morgan fingerprint density at radius 3 is 2.67 bits per heavy atom. The second kappa shape index (κ2) is 8.70. The largest absolute Gasteiger partial charge is 0.481 e. The Morgan fingerprint density at radius 2 is 1.85 bits per heavy atom. The summed E-state index contributed by atoms with van der Waals surface area (Å²) in [6, 6.07) is 19.1. The number of nitrogens with zero attached hydrogens (tertiary/aromatic N) is 1. The van der Waals surface area contributed by atoms with Crippen molar-refractivity contribution in [2.24, 2.45) is 0 Å². The molecule has 0 aromatic heterocycles. The summed E-state index contributed by atoms with van der Waals surface area (Å²) in [4.78, 5) is 27.8. The van der Waals surface area contributed by atoms with E-state index in [9.17, 15) is 14.0 Å². The van der Waals surface area contributed by atoms with E-state index in [1.165, 1.54) is 35.4 Å². The summed E-state index contributed by atoms with van der Waals surface area (Å²) in [7, 11) is 0. The molecular formula is C27H25FN2O3. The molecule has 2 amide bonds. The van der Waals surface area contributed by atoms with Crippen LogP contribution in [0.5, 0.6) is 5.75 Å². The summed E-state index contributed by atoms with van der Waals surface area (Å²) in [6.07, 6.45) is 2.37. The van der Waals surface area contributed by atoms with E-state index in [1.54, 1.807) is 19.1 Å². The Hall–Kier alpha value is -3.67. The number of carbonyl (C=O) groups excluding carboxylic acids is 2. The first-order valence-corrected chi connectivity index (χ1v) is 11.2. The van der Waals surface area contributed by atoms with E-state index < -0.39 is 11.9 Å². The van der Waals surface area contributed by atoms with Gasteiger partial charge in [0.05, 0.1) is 12.6 Å². The van der Waals surface area contributed by atoms with Gasteiger partial charge in [0, 0.05) is 16.8 Å². The number of halogens is 1. The predicted molar refractivity (Wildman–Crippen MR) is 124 cm³/mol. The van der Waals surface area contributed by atoms with Crippen molar-refractivity contribution in [3.05, 3.63) is 94.8 Å². The van der Waals surface area contributed by atoms with E-state index in [0.29, 0.717) is 23.5 Å². The number of amides is 2. The number of benzene rings is 3. The summed E-state index contributed by atoms with van der Waals surface area (Å²) in [5.74, 6) is -0.115. The van der Waals surface area contributed by atoms with Gasteiger partial charge in [0.1, 0.15) is 11.6 Å². The minimum absolute atomic E-state index is 0.00286. The minimum Gasteiger partial charge on any atom is -0.481 e. The molecule has 1 heterocycles. The van der Waals surface area contributed by atoms with Crippen LogP contribution >= 0.6 is 0 Å². The van der Waals surface area contributed by atoms with E-state index in [0.717, 1.165) is 24.8 Å². The zero-order valence-electron chi connectivity index (χ0n) is 18.4. The Morgan fingerprint density at radius 1 is 1.06 bits per heavy atom. The van der Waals surface area contributed by atoms with Crippen LogP contribution in [0.3, 0.4) is 0 Å². The van der Waals surface area contributed by atoms with Gasteiger partial charge in [-0.1, -0.05) is 24.3 Å². The second-order valence-corrected chi connectivity index (χ2v) is 8.62. The summed E-state index contributed by atoms with van der Waals surface area (Å²) >= 11 is 0. The monoisotopic (exact) mass is 444 g/mol. The van der Waals surface area contributed by atoms with Crippen LogP contribution < -0.4 is 10.1 Å². The van der Waals surface area contributed by atoms with Gasteiger partial charge in [0.15, 0.2) is 6.10 Å². The number of aryl methyl sites for hydroxylation is 1. The lowest BCUT2D eigenvalue weighted by Crippen LogP contribution is -2.41. The zero-order chi connectivity index (χ0) is 22.9. The molecule has 168 valence electrons. The molecule has 2 unspecified atom stereocenters. The fraction of sp³-hybridized carbons (Fsp3) is 0.259. The molecular weight excluding hydrogens is 419 g/mol. The zero-order valence-corrected chi connectivity index (χ0v) is 18.4. The number of fused-ring (bicyclic) bond motifs is 2. The van der Waals surface area contributed by atoms with Gasteiger partial charge in [0.2, 0.25) is 0 Å². The van der Waals surface area contributed by atoms with Crippen LogP contribution in [0, 0.1) is 5.82 Å². The van der Waals surface area contributed by atoms with Crippen LogP contribution in [0.1, 0.15) is 52.9 Å². The Kier molecular flexibility index (Phi) is 5.58. The van der Waals surface area contributed by atoms with Crippen LogP contribution in [0.4, 0.5) is 10.1 Å². The molecule has 3 aromatic carbocycles. The van der Waals surface area contributed by atoms with Crippen molar-refractivity contribution >= 4 is 17.5 Å². The molecule has 0 fully saturated rings. The highest BCUT2D eigenvalue weighted by Crippen LogP contribution is 2.38. The molecule has 0 saturated carbocycles. The SMILES string of the molecule is CC1Oc2ccc(NC(=O)c3ccc(F)cc3)cc2CN(C2CCCc3ccccc32)C1=O. The van der Waals surface area contributed by atoms with E-state index in [4.69, 9.17) is 4.74 Å². The average Bonchev–Trinajstić information content (AvgIpc) is 2.95. The fourth-order valence-corrected chi connectivity index (χ4v) is 4.75. The van der Waals surface area contributed by atoms with E-state index in [-0.39, 0.29) is 17.9 Å². The Balaban J connectivity index is 1.44. The third-order valence-corrected chi connectivity index (χ3v) is 6.41. The number of nitrogens with one attached hydrogen (secondary N) is 1. The molecule has 1 aliphatic heterocycles. The van der Waals surface area contributed by atoms with Crippen molar-refractivity contribution in [2.75, 3.05) is 5.32 Å². The summed E-state index contributed by atoms with van der Waals surface area (Å²) < 4.78 is 19.2. The summed E-state index contributed by atoms with van der Waals surface area (Å²) in [6.45, 7) is 2.18. The van der Waals surface area contributed by atoms with Gasteiger partial charge in [0.25, 0.3) is 11.8 Å². The van der Waals surface area contributed by atoms with Crippen LogP contribution in [0.25, 0.3) is 0 Å². The van der Waals surface area contributed by atoms with Crippen molar-refractivity contribution in [3.63, 3.8) is 0 Å². The first-order chi connectivity index (χ1) is 16.0. The molecule has 5 rings (SSSR count). The topological polar surface area (TPSA) is 58.6 Å². The highest BCUT2D eigenvalue weighted by atomic mass is 19.1. The molecule has 0 radical (unpaired) electrons. The van der Waals surface area contributed by atoms with Crippen molar-refractivity contribution < 1.29 is 18.7 Å². The fourth-order valence-electron chi connectivity index (χ4n) is 4.75. The molecule has 2 atom stereocenters. The number of anilines is 1. The molecule has 33 heavy (non-hydrogen) atoms. The smallest absolute Gasteiger partial charge is 0.264 e. The number of hydrogen-bond donors (Lipinski definition) is 1. The van der Waals surface area contributed by atoms with Gasteiger partial charge in [-0.25, -0.2) is 4.39 Å². The van der Waals surface area contributed by atoms with E-state index in [2.05, 4.69) is 17.4 Å². The second-order valence-electron chi connectivity index (χ2n) is 8.62. The maximum absolute atomic E-state index is 13.3.